The van der Waals surface area contributed by atoms with Gasteiger partial charge in [-0.05, 0) is 30.4 Å². The normalized spacial score (nSPS) is 11.8. The Morgan fingerprint density at radius 1 is 1.48 bits per heavy atom. The lowest BCUT2D eigenvalue weighted by atomic mass is 9.94. The standard InChI is InChI=1S/C16H22N2O3/c1-11(2)6-12(7-16(19)20)10-18-15-8-14(21-3)5-4-13(15)9-17/h4-5,8,11-12,18H,6-7,10H2,1-3H3,(H,19,20). The van der Waals surface area contributed by atoms with Crippen molar-refractivity contribution in [2.24, 2.45) is 11.8 Å². The van der Waals surface area contributed by atoms with Crippen molar-refractivity contribution in [1.29, 1.82) is 5.26 Å². The van der Waals surface area contributed by atoms with Crippen molar-refractivity contribution in [3.05, 3.63) is 23.8 Å². The van der Waals surface area contributed by atoms with Crippen LogP contribution in [-0.4, -0.2) is 24.7 Å². The molecule has 114 valence electrons. The molecule has 1 unspecified atom stereocenters. The van der Waals surface area contributed by atoms with E-state index in [9.17, 15) is 4.79 Å². The van der Waals surface area contributed by atoms with Gasteiger partial charge in [0.2, 0.25) is 0 Å². The maximum atomic E-state index is 10.9. The number of anilines is 1. The Labute approximate surface area is 125 Å². The molecule has 0 fully saturated rings. The summed E-state index contributed by atoms with van der Waals surface area (Å²) in [7, 11) is 1.57. The quantitative estimate of drug-likeness (QED) is 0.768. The highest BCUT2D eigenvalue weighted by Crippen LogP contribution is 2.23. The summed E-state index contributed by atoms with van der Waals surface area (Å²) in [6.45, 7) is 4.66. The van der Waals surface area contributed by atoms with Gasteiger partial charge in [-0.25, -0.2) is 0 Å². The minimum Gasteiger partial charge on any atom is -0.497 e. The molecule has 0 aliphatic heterocycles. The Hall–Kier alpha value is -2.22. The molecule has 1 aromatic rings. The number of carbonyl (C=O) groups is 1. The fourth-order valence-electron chi connectivity index (χ4n) is 2.30. The zero-order chi connectivity index (χ0) is 15.8. The van der Waals surface area contributed by atoms with Crippen LogP contribution in [0.5, 0.6) is 5.75 Å². The summed E-state index contributed by atoms with van der Waals surface area (Å²) < 4.78 is 5.15. The Morgan fingerprint density at radius 3 is 2.71 bits per heavy atom. The Kier molecular flexibility index (Phi) is 6.54. The molecule has 0 spiro atoms. The predicted molar refractivity (Wildman–Crippen MR) is 81.4 cm³/mol. The Morgan fingerprint density at radius 2 is 2.19 bits per heavy atom. The molecular formula is C16H22N2O3. The van der Waals surface area contributed by atoms with Crippen LogP contribution in [0.4, 0.5) is 5.69 Å². The number of hydrogen-bond acceptors (Lipinski definition) is 4. The number of carboxylic acids is 1. The number of ether oxygens (including phenoxy) is 1. The lowest BCUT2D eigenvalue weighted by Gasteiger charge is -2.19. The fourth-order valence-corrected chi connectivity index (χ4v) is 2.30. The van der Waals surface area contributed by atoms with Crippen molar-refractivity contribution < 1.29 is 14.6 Å². The van der Waals surface area contributed by atoms with Crippen molar-refractivity contribution in [2.75, 3.05) is 19.0 Å². The van der Waals surface area contributed by atoms with Crippen LogP contribution < -0.4 is 10.1 Å². The molecule has 21 heavy (non-hydrogen) atoms. The molecule has 0 radical (unpaired) electrons. The molecule has 1 rings (SSSR count). The number of benzene rings is 1. The van der Waals surface area contributed by atoms with Gasteiger partial charge in [-0.1, -0.05) is 13.8 Å². The highest BCUT2D eigenvalue weighted by atomic mass is 16.5. The number of nitrogens with zero attached hydrogens (tertiary/aromatic N) is 1. The molecule has 0 saturated carbocycles. The molecule has 0 aromatic heterocycles. The molecule has 0 aliphatic rings. The smallest absolute Gasteiger partial charge is 0.303 e. The summed E-state index contributed by atoms with van der Waals surface area (Å²) in [4.78, 5) is 10.9. The summed E-state index contributed by atoms with van der Waals surface area (Å²) >= 11 is 0. The van der Waals surface area contributed by atoms with Crippen molar-refractivity contribution >= 4 is 11.7 Å². The third-order valence-electron chi connectivity index (χ3n) is 3.20. The molecule has 0 saturated heterocycles. The van der Waals surface area contributed by atoms with E-state index in [1.54, 1.807) is 25.3 Å². The maximum absolute atomic E-state index is 10.9. The average molecular weight is 290 g/mol. The van der Waals surface area contributed by atoms with Gasteiger partial charge in [-0.15, -0.1) is 0 Å². The van der Waals surface area contributed by atoms with E-state index in [-0.39, 0.29) is 12.3 Å². The van der Waals surface area contributed by atoms with E-state index < -0.39 is 5.97 Å². The van der Waals surface area contributed by atoms with Gasteiger partial charge in [0.05, 0.1) is 18.4 Å². The molecular weight excluding hydrogens is 268 g/mol. The zero-order valence-corrected chi connectivity index (χ0v) is 12.7. The number of aliphatic carboxylic acids is 1. The van der Waals surface area contributed by atoms with Crippen LogP contribution >= 0.6 is 0 Å². The van der Waals surface area contributed by atoms with Crippen LogP contribution in [0.2, 0.25) is 0 Å². The number of carboxylic acid groups (broad SMARTS) is 1. The Bertz CT molecular complexity index is 521. The monoisotopic (exact) mass is 290 g/mol. The molecule has 0 amide bonds. The van der Waals surface area contributed by atoms with E-state index in [0.29, 0.717) is 29.5 Å². The SMILES string of the molecule is COc1ccc(C#N)c(NCC(CC(=O)O)CC(C)C)c1. The van der Waals surface area contributed by atoms with Gasteiger partial charge in [-0.3, -0.25) is 4.79 Å². The van der Waals surface area contributed by atoms with E-state index in [4.69, 9.17) is 15.1 Å². The highest BCUT2D eigenvalue weighted by Gasteiger charge is 2.15. The summed E-state index contributed by atoms with van der Waals surface area (Å²) in [5, 5.41) is 21.3. The second-order valence-electron chi connectivity index (χ2n) is 5.50. The summed E-state index contributed by atoms with van der Waals surface area (Å²) in [6, 6.07) is 7.29. The van der Waals surface area contributed by atoms with Crippen molar-refractivity contribution in [3.63, 3.8) is 0 Å². The molecule has 5 nitrogen and oxygen atoms in total. The second kappa shape index (κ2) is 8.15. The molecule has 0 aliphatic carbocycles. The van der Waals surface area contributed by atoms with E-state index in [1.165, 1.54) is 0 Å². The number of methoxy groups -OCH3 is 1. The van der Waals surface area contributed by atoms with Gasteiger partial charge in [0.15, 0.2) is 0 Å². The van der Waals surface area contributed by atoms with Gasteiger partial charge in [0.25, 0.3) is 0 Å². The number of nitrogens with one attached hydrogen (secondary N) is 1. The summed E-state index contributed by atoms with van der Waals surface area (Å²) in [5.41, 5.74) is 1.20. The summed E-state index contributed by atoms with van der Waals surface area (Å²) in [5.74, 6) is 0.320. The third kappa shape index (κ3) is 5.74. The molecule has 2 N–H and O–H groups in total. The molecule has 1 aromatic carbocycles. The largest absolute Gasteiger partial charge is 0.497 e. The molecule has 0 heterocycles. The van der Waals surface area contributed by atoms with Crippen LogP contribution in [0, 0.1) is 23.2 Å². The number of hydrogen-bond donors (Lipinski definition) is 2. The first kappa shape index (κ1) is 16.8. The van der Waals surface area contributed by atoms with Crippen LogP contribution in [0.25, 0.3) is 0 Å². The fraction of sp³-hybridized carbons (Fsp3) is 0.500. The average Bonchev–Trinajstić information content (AvgIpc) is 2.43. The topological polar surface area (TPSA) is 82.3 Å². The van der Waals surface area contributed by atoms with Gasteiger partial charge in [-0.2, -0.15) is 5.26 Å². The van der Waals surface area contributed by atoms with E-state index in [1.807, 2.05) is 0 Å². The van der Waals surface area contributed by atoms with Crippen LogP contribution in [-0.2, 0) is 4.79 Å². The maximum Gasteiger partial charge on any atom is 0.303 e. The molecule has 5 heteroatoms. The van der Waals surface area contributed by atoms with E-state index >= 15 is 0 Å². The van der Waals surface area contributed by atoms with Gasteiger partial charge < -0.3 is 15.2 Å². The first-order valence-corrected chi connectivity index (χ1v) is 7.00. The van der Waals surface area contributed by atoms with Gasteiger partial charge in [0, 0.05) is 19.0 Å². The van der Waals surface area contributed by atoms with Crippen molar-refractivity contribution in [1.82, 2.24) is 0 Å². The summed E-state index contributed by atoms with van der Waals surface area (Å²) in [6.07, 6.45) is 0.947. The van der Waals surface area contributed by atoms with E-state index in [0.717, 1.165) is 6.42 Å². The first-order valence-electron chi connectivity index (χ1n) is 7.00. The van der Waals surface area contributed by atoms with Gasteiger partial charge >= 0.3 is 5.97 Å². The van der Waals surface area contributed by atoms with E-state index in [2.05, 4.69) is 25.2 Å². The second-order valence-corrected chi connectivity index (χ2v) is 5.50. The lowest BCUT2D eigenvalue weighted by molar-refractivity contribution is -0.138. The lowest BCUT2D eigenvalue weighted by Crippen LogP contribution is -2.20. The molecule has 0 bridgehead atoms. The van der Waals surface area contributed by atoms with Crippen LogP contribution in [0.3, 0.4) is 0 Å². The van der Waals surface area contributed by atoms with Crippen molar-refractivity contribution in [2.45, 2.75) is 26.7 Å². The van der Waals surface area contributed by atoms with Crippen molar-refractivity contribution in [3.8, 4) is 11.8 Å². The predicted octanol–water partition coefficient (Wildman–Crippen LogP) is 3.12. The minimum absolute atomic E-state index is 0.0280. The number of nitriles is 1. The zero-order valence-electron chi connectivity index (χ0n) is 12.7. The Balaban J connectivity index is 2.78. The molecule has 1 atom stereocenters. The third-order valence-corrected chi connectivity index (χ3v) is 3.20. The van der Waals surface area contributed by atoms with Gasteiger partial charge in [0.1, 0.15) is 11.8 Å². The minimum atomic E-state index is -0.798. The van der Waals surface area contributed by atoms with Crippen LogP contribution in [0.1, 0.15) is 32.3 Å². The number of rotatable bonds is 8. The highest BCUT2D eigenvalue weighted by molar-refractivity contribution is 5.67. The van der Waals surface area contributed by atoms with Crippen LogP contribution in [0.15, 0.2) is 18.2 Å². The first-order chi connectivity index (χ1) is 9.96.